The van der Waals surface area contributed by atoms with E-state index in [0.29, 0.717) is 37.8 Å². The fourth-order valence-corrected chi connectivity index (χ4v) is 2.38. The van der Waals surface area contributed by atoms with Gasteiger partial charge in [-0.1, -0.05) is 18.5 Å². The van der Waals surface area contributed by atoms with Crippen molar-refractivity contribution in [1.82, 2.24) is 14.5 Å². The minimum absolute atomic E-state index is 0.184. The molecule has 120 valence electrons. The number of primary amides is 1. The maximum absolute atomic E-state index is 11.2. The van der Waals surface area contributed by atoms with Crippen molar-refractivity contribution < 1.29 is 9.53 Å². The van der Waals surface area contributed by atoms with Crippen molar-refractivity contribution in [2.24, 2.45) is 11.7 Å². The Morgan fingerprint density at radius 2 is 2.23 bits per heavy atom. The Balaban J connectivity index is 2.26. The number of aryl methyl sites for hydroxylation is 1. The molecule has 6 nitrogen and oxygen atoms in total. The van der Waals surface area contributed by atoms with Gasteiger partial charge in [0, 0.05) is 25.5 Å². The largest absolute Gasteiger partial charge is 0.380 e. The molecule has 0 aliphatic rings. The Morgan fingerprint density at radius 3 is 2.91 bits per heavy atom. The number of halogens is 1. The van der Waals surface area contributed by atoms with Crippen molar-refractivity contribution in [2.45, 2.75) is 33.2 Å². The molecule has 0 saturated carbocycles. The maximum Gasteiger partial charge on any atom is 0.220 e. The summed E-state index contributed by atoms with van der Waals surface area (Å²) >= 11 is 5.99. The van der Waals surface area contributed by atoms with Crippen molar-refractivity contribution in [3.05, 3.63) is 23.1 Å². The van der Waals surface area contributed by atoms with E-state index >= 15 is 0 Å². The highest BCUT2D eigenvalue weighted by molar-refractivity contribution is 6.29. The second kappa shape index (κ2) is 7.56. The van der Waals surface area contributed by atoms with Crippen LogP contribution in [0.5, 0.6) is 0 Å². The van der Waals surface area contributed by atoms with Gasteiger partial charge in [-0.25, -0.2) is 9.97 Å². The van der Waals surface area contributed by atoms with Gasteiger partial charge in [-0.3, -0.25) is 4.79 Å². The lowest BCUT2D eigenvalue weighted by Crippen LogP contribution is -2.21. The highest BCUT2D eigenvalue weighted by Crippen LogP contribution is 2.19. The van der Waals surface area contributed by atoms with Crippen LogP contribution in [0.1, 0.15) is 26.1 Å². The molecular weight excluding hydrogens is 304 g/mol. The quantitative estimate of drug-likeness (QED) is 0.596. The molecule has 0 spiro atoms. The Bertz CT molecular complexity index is 656. The van der Waals surface area contributed by atoms with Gasteiger partial charge in [0.1, 0.15) is 16.5 Å². The minimum Gasteiger partial charge on any atom is -0.380 e. The fraction of sp³-hybridized carbons (Fsp3) is 0.533. The van der Waals surface area contributed by atoms with Crippen LogP contribution in [0.4, 0.5) is 0 Å². The van der Waals surface area contributed by atoms with Gasteiger partial charge in [0.15, 0.2) is 5.65 Å². The average molecular weight is 325 g/mol. The smallest absolute Gasteiger partial charge is 0.220 e. The molecule has 2 rings (SSSR count). The lowest BCUT2D eigenvalue weighted by Gasteiger charge is -2.10. The average Bonchev–Trinajstić information content (AvgIpc) is 2.82. The number of imidazole rings is 1. The first-order valence-corrected chi connectivity index (χ1v) is 7.79. The first-order valence-electron chi connectivity index (χ1n) is 7.41. The van der Waals surface area contributed by atoms with Crippen LogP contribution in [0, 0.1) is 5.92 Å². The van der Waals surface area contributed by atoms with E-state index in [4.69, 9.17) is 22.1 Å². The van der Waals surface area contributed by atoms with Gasteiger partial charge < -0.3 is 15.0 Å². The monoisotopic (exact) mass is 324 g/mol. The second-order valence-electron chi connectivity index (χ2n) is 5.20. The summed E-state index contributed by atoms with van der Waals surface area (Å²) in [5, 5.41) is 0.433. The normalized spacial score (nSPS) is 12.7. The van der Waals surface area contributed by atoms with Crippen LogP contribution in [-0.4, -0.2) is 33.7 Å². The molecule has 0 bridgehead atoms. The molecular formula is C15H21ClN4O2. The molecule has 2 aromatic rings. The third kappa shape index (κ3) is 3.96. The highest BCUT2D eigenvalue weighted by atomic mass is 35.5. The molecule has 0 saturated heterocycles. The van der Waals surface area contributed by atoms with E-state index in [1.165, 1.54) is 0 Å². The molecule has 0 aliphatic carbocycles. The Morgan fingerprint density at radius 1 is 1.45 bits per heavy atom. The molecule has 22 heavy (non-hydrogen) atoms. The Labute approximate surface area is 134 Å². The number of ether oxygens (including phenoxy) is 1. The van der Waals surface area contributed by atoms with Crippen LogP contribution in [-0.2, 0) is 22.5 Å². The highest BCUT2D eigenvalue weighted by Gasteiger charge is 2.15. The summed E-state index contributed by atoms with van der Waals surface area (Å²) < 4.78 is 7.43. The number of amides is 1. The summed E-state index contributed by atoms with van der Waals surface area (Å²) in [6, 6.07) is 3.57. The number of nitrogens with two attached hydrogens (primary N) is 1. The molecule has 2 heterocycles. The van der Waals surface area contributed by atoms with E-state index in [1.807, 2.05) is 24.5 Å². The summed E-state index contributed by atoms with van der Waals surface area (Å²) in [5.74, 6) is 0.396. The predicted molar refractivity (Wildman–Crippen MR) is 85.7 cm³/mol. The number of fused-ring (bicyclic) bond motifs is 1. The first kappa shape index (κ1) is 16.7. The van der Waals surface area contributed by atoms with E-state index in [1.54, 1.807) is 6.07 Å². The number of hydrogen-bond donors (Lipinski definition) is 1. The van der Waals surface area contributed by atoms with Gasteiger partial charge in [-0.05, 0) is 25.5 Å². The molecule has 0 radical (unpaired) electrons. The zero-order valence-corrected chi connectivity index (χ0v) is 13.6. The van der Waals surface area contributed by atoms with Gasteiger partial charge >= 0.3 is 0 Å². The van der Waals surface area contributed by atoms with Crippen LogP contribution in [0.15, 0.2) is 12.1 Å². The number of carbonyl (C=O) groups excluding carboxylic acids is 1. The molecule has 0 aliphatic heterocycles. The van der Waals surface area contributed by atoms with Gasteiger partial charge in [-0.2, -0.15) is 0 Å². The Kier molecular flexibility index (Phi) is 5.74. The zero-order chi connectivity index (χ0) is 16.1. The predicted octanol–water partition coefficient (Wildman–Crippen LogP) is 2.18. The first-order chi connectivity index (χ1) is 10.5. The summed E-state index contributed by atoms with van der Waals surface area (Å²) in [5.41, 5.74) is 6.85. The van der Waals surface area contributed by atoms with Crippen LogP contribution >= 0.6 is 11.6 Å². The SMILES string of the molecule is CCOCCn1c(CC[C@@H](C)C(N)=O)nc2ccc(Cl)nc21. The van der Waals surface area contributed by atoms with E-state index in [2.05, 4.69) is 9.97 Å². The van der Waals surface area contributed by atoms with Gasteiger partial charge in [-0.15, -0.1) is 0 Å². The molecule has 1 atom stereocenters. The zero-order valence-electron chi connectivity index (χ0n) is 12.9. The molecule has 0 aromatic carbocycles. The summed E-state index contributed by atoms with van der Waals surface area (Å²) in [4.78, 5) is 20.1. The third-order valence-corrected chi connectivity index (χ3v) is 3.80. The van der Waals surface area contributed by atoms with E-state index in [-0.39, 0.29) is 11.8 Å². The van der Waals surface area contributed by atoms with Crippen molar-refractivity contribution in [3.63, 3.8) is 0 Å². The molecule has 1 amide bonds. The van der Waals surface area contributed by atoms with Crippen molar-refractivity contribution >= 4 is 28.7 Å². The third-order valence-electron chi connectivity index (χ3n) is 3.59. The van der Waals surface area contributed by atoms with Crippen molar-refractivity contribution in [2.75, 3.05) is 13.2 Å². The maximum atomic E-state index is 11.2. The van der Waals surface area contributed by atoms with Gasteiger partial charge in [0.2, 0.25) is 5.91 Å². The molecule has 0 fully saturated rings. The standard InChI is InChI=1S/C15H21ClN4O2/c1-3-22-9-8-20-13(7-4-10(2)14(17)21)18-11-5-6-12(16)19-15(11)20/h5-6,10H,3-4,7-9H2,1-2H3,(H2,17,21)/t10-/m1/s1. The molecule has 2 aromatic heterocycles. The number of hydrogen-bond acceptors (Lipinski definition) is 4. The van der Waals surface area contributed by atoms with Gasteiger partial charge in [0.05, 0.1) is 6.61 Å². The summed E-state index contributed by atoms with van der Waals surface area (Å²) in [6.45, 7) is 5.67. The number of aromatic nitrogens is 3. The fourth-order valence-electron chi connectivity index (χ4n) is 2.24. The van der Waals surface area contributed by atoms with Crippen LogP contribution in [0.25, 0.3) is 11.2 Å². The van der Waals surface area contributed by atoms with E-state index in [0.717, 1.165) is 17.0 Å². The topological polar surface area (TPSA) is 83.0 Å². The van der Waals surface area contributed by atoms with Gasteiger partial charge in [0.25, 0.3) is 0 Å². The summed E-state index contributed by atoms with van der Waals surface area (Å²) in [7, 11) is 0. The van der Waals surface area contributed by atoms with E-state index < -0.39 is 0 Å². The van der Waals surface area contributed by atoms with Crippen molar-refractivity contribution in [3.8, 4) is 0 Å². The van der Waals surface area contributed by atoms with E-state index in [9.17, 15) is 4.79 Å². The van der Waals surface area contributed by atoms with Crippen LogP contribution in [0.3, 0.4) is 0 Å². The number of rotatable bonds is 8. The number of nitrogens with zero attached hydrogens (tertiary/aromatic N) is 3. The second-order valence-corrected chi connectivity index (χ2v) is 5.58. The molecule has 0 unspecified atom stereocenters. The van der Waals surface area contributed by atoms with Crippen molar-refractivity contribution in [1.29, 1.82) is 0 Å². The minimum atomic E-state index is -0.293. The molecule has 2 N–H and O–H groups in total. The van der Waals surface area contributed by atoms with Crippen LogP contribution < -0.4 is 5.73 Å². The lowest BCUT2D eigenvalue weighted by atomic mass is 10.1. The summed E-state index contributed by atoms with van der Waals surface area (Å²) in [6.07, 6.45) is 1.31. The number of pyridine rings is 1. The van der Waals surface area contributed by atoms with Crippen LogP contribution in [0.2, 0.25) is 5.15 Å². The number of carbonyl (C=O) groups is 1. The Hall–Kier alpha value is -1.66. The molecule has 7 heteroatoms. The lowest BCUT2D eigenvalue weighted by molar-refractivity contribution is -0.121.